The fraction of sp³-hybridized carbons (Fsp3) is 0.714. The third-order valence-corrected chi connectivity index (χ3v) is 3.97. The van der Waals surface area contributed by atoms with E-state index in [0.29, 0.717) is 6.04 Å². The molecule has 1 aromatic heterocycles. The summed E-state index contributed by atoms with van der Waals surface area (Å²) in [5.74, 6) is 0.955. The van der Waals surface area contributed by atoms with Gasteiger partial charge in [0.25, 0.3) is 0 Å². The van der Waals surface area contributed by atoms with Gasteiger partial charge in [-0.3, -0.25) is 9.80 Å². The van der Waals surface area contributed by atoms with Crippen molar-refractivity contribution >= 4 is 0 Å². The molecule has 1 saturated heterocycles. The standard InChI is InChI=1S/C14H23N5/c1-11(2)18-5-7-19(8-6-18)14(9-15)13-10-17(4)12(3)16-13/h10-11,14H,5-8H2,1-4H3. The van der Waals surface area contributed by atoms with Crippen molar-refractivity contribution in [1.82, 2.24) is 19.4 Å². The number of nitrogens with zero attached hydrogens (tertiary/aromatic N) is 5. The summed E-state index contributed by atoms with van der Waals surface area (Å²) in [5.41, 5.74) is 0.875. The maximum atomic E-state index is 9.45. The molecule has 0 spiro atoms. The minimum absolute atomic E-state index is 0.214. The van der Waals surface area contributed by atoms with E-state index in [9.17, 15) is 5.26 Å². The summed E-state index contributed by atoms with van der Waals surface area (Å²) in [5, 5.41) is 9.45. The minimum Gasteiger partial charge on any atom is -0.338 e. The van der Waals surface area contributed by atoms with Gasteiger partial charge in [0.2, 0.25) is 0 Å². The van der Waals surface area contributed by atoms with Gasteiger partial charge in [-0.2, -0.15) is 5.26 Å². The SMILES string of the molecule is Cc1nc(C(C#N)N2CCN(C(C)C)CC2)cn1C. The van der Waals surface area contributed by atoms with Crippen molar-refractivity contribution in [1.29, 1.82) is 5.26 Å². The normalized spacial score (nSPS) is 19.6. The van der Waals surface area contributed by atoms with Gasteiger partial charge in [0.1, 0.15) is 11.9 Å². The Kier molecular flexibility index (Phi) is 4.23. The van der Waals surface area contributed by atoms with Gasteiger partial charge in [0, 0.05) is 45.5 Å². The smallest absolute Gasteiger partial charge is 0.142 e. The minimum atomic E-state index is -0.214. The average molecular weight is 261 g/mol. The Morgan fingerprint density at radius 1 is 1.21 bits per heavy atom. The lowest BCUT2D eigenvalue weighted by Crippen LogP contribution is -2.49. The average Bonchev–Trinajstić information content (AvgIpc) is 2.71. The van der Waals surface area contributed by atoms with Crippen LogP contribution in [0.1, 0.15) is 31.4 Å². The van der Waals surface area contributed by atoms with Crippen molar-refractivity contribution in [3.63, 3.8) is 0 Å². The van der Waals surface area contributed by atoms with Crippen LogP contribution in [-0.2, 0) is 7.05 Å². The first-order valence-corrected chi connectivity index (χ1v) is 6.90. The van der Waals surface area contributed by atoms with Crippen molar-refractivity contribution in [3.8, 4) is 6.07 Å². The predicted octanol–water partition coefficient (Wildman–Crippen LogP) is 1.32. The van der Waals surface area contributed by atoms with Crippen LogP contribution in [0.5, 0.6) is 0 Å². The third-order valence-electron chi connectivity index (χ3n) is 3.97. The topological polar surface area (TPSA) is 48.1 Å². The molecule has 0 amide bonds. The number of nitriles is 1. The predicted molar refractivity (Wildman–Crippen MR) is 74.6 cm³/mol. The zero-order valence-corrected chi connectivity index (χ0v) is 12.3. The first-order valence-electron chi connectivity index (χ1n) is 6.90. The van der Waals surface area contributed by atoms with E-state index in [4.69, 9.17) is 0 Å². The molecule has 1 aromatic rings. The summed E-state index contributed by atoms with van der Waals surface area (Å²) in [7, 11) is 1.97. The molecule has 1 fully saturated rings. The molecule has 0 aromatic carbocycles. The van der Waals surface area contributed by atoms with E-state index in [0.717, 1.165) is 37.7 Å². The van der Waals surface area contributed by atoms with E-state index >= 15 is 0 Å². The number of piperazine rings is 1. The molecule has 1 aliphatic heterocycles. The van der Waals surface area contributed by atoms with Crippen molar-refractivity contribution in [2.75, 3.05) is 26.2 Å². The van der Waals surface area contributed by atoms with E-state index < -0.39 is 0 Å². The summed E-state index contributed by atoms with van der Waals surface area (Å²) < 4.78 is 1.98. The van der Waals surface area contributed by atoms with Crippen LogP contribution in [0.15, 0.2) is 6.20 Å². The van der Waals surface area contributed by atoms with Gasteiger partial charge in [-0.15, -0.1) is 0 Å². The van der Waals surface area contributed by atoms with Crippen LogP contribution >= 0.6 is 0 Å². The lowest BCUT2D eigenvalue weighted by Gasteiger charge is -2.38. The Morgan fingerprint density at radius 3 is 2.21 bits per heavy atom. The largest absolute Gasteiger partial charge is 0.338 e. The highest BCUT2D eigenvalue weighted by molar-refractivity contribution is 5.16. The summed E-state index contributed by atoms with van der Waals surface area (Å²) in [6.45, 7) is 10.3. The van der Waals surface area contributed by atoms with Gasteiger partial charge in [-0.05, 0) is 20.8 Å². The van der Waals surface area contributed by atoms with E-state index in [-0.39, 0.29) is 6.04 Å². The molecule has 104 valence electrons. The van der Waals surface area contributed by atoms with Crippen molar-refractivity contribution in [2.24, 2.45) is 7.05 Å². The van der Waals surface area contributed by atoms with E-state index in [1.165, 1.54) is 0 Å². The molecule has 0 aliphatic carbocycles. The number of rotatable bonds is 3. The number of aryl methyl sites for hydroxylation is 2. The van der Waals surface area contributed by atoms with Gasteiger partial charge in [-0.25, -0.2) is 4.98 Å². The molecule has 2 rings (SSSR count). The quantitative estimate of drug-likeness (QED) is 0.823. The first-order chi connectivity index (χ1) is 9.02. The fourth-order valence-electron chi connectivity index (χ4n) is 2.56. The van der Waals surface area contributed by atoms with Crippen molar-refractivity contribution in [3.05, 3.63) is 17.7 Å². The maximum Gasteiger partial charge on any atom is 0.142 e. The Morgan fingerprint density at radius 2 is 1.79 bits per heavy atom. The number of aromatic nitrogens is 2. The lowest BCUT2D eigenvalue weighted by atomic mass is 10.1. The first kappa shape index (κ1) is 14.0. The van der Waals surface area contributed by atoms with E-state index in [1.54, 1.807) is 0 Å². The summed E-state index contributed by atoms with van der Waals surface area (Å²) in [6.07, 6.45) is 1.97. The molecule has 19 heavy (non-hydrogen) atoms. The molecule has 1 atom stereocenters. The van der Waals surface area contributed by atoms with Gasteiger partial charge in [-0.1, -0.05) is 0 Å². The number of imidazole rings is 1. The van der Waals surface area contributed by atoms with Crippen LogP contribution in [0.25, 0.3) is 0 Å². The van der Waals surface area contributed by atoms with Gasteiger partial charge < -0.3 is 4.57 Å². The molecule has 2 heterocycles. The molecule has 1 unspecified atom stereocenters. The molecule has 0 bridgehead atoms. The van der Waals surface area contributed by atoms with Crippen LogP contribution in [-0.4, -0.2) is 51.6 Å². The van der Waals surface area contributed by atoms with E-state index in [2.05, 4.69) is 34.7 Å². The highest BCUT2D eigenvalue weighted by Crippen LogP contribution is 2.21. The third kappa shape index (κ3) is 2.96. The Bertz CT molecular complexity index is 443. The highest BCUT2D eigenvalue weighted by atomic mass is 15.3. The van der Waals surface area contributed by atoms with Gasteiger partial charge in [0.15, 0.2) is 0 Å². The monoisotopic (exact) mass is 261 g/mol. The van der Waals surface area contributed by atoms with Gasteiger partial charge in [0.05, 0.1) is 11.8 Å². The second kappa shape index (κ2) is 5.72. The zero-order chi connectivity index (χ0) is 14.0. The van der Waals surface area contributed by atoms with Crippen molar-refractivity contribution < 1.29 is 0 Å². The van der Waals surface area contributed by atoms with Crippen molar-refractivity contribution in [2.45, 2.75) is 32.9 Å². The molecule has 0 N–H and O–H groups in total. The van der Waals surface area contributed by atoms with Crippen LogP contribution in [0.3, 0.4) is 0 Å². The van der Waals surface area contributed by atoms with Crippen LogP contribution in [0, 0.1) is 18.3 Å². The molecular weight excluding hydrogens is 238 g/mol. The second-order valence-corrected chi connectivity index (χ2v) is 5.52. The molecular formula is C14H23N5. The Balaban J connectivity index is 2.06. The molecule has 5 heteroatoms. The molecule has 0 saturated carbocycles. The molecule has 1 aliphatic rings. The summed E-state index contributed by atoms with van der Waals surface area (Å²) >= 11 is 0. The second-order valence-electron chi connectivity index (χ2n) is 5.52. The maximum absolute atomic E-state index is 9.45. The zero-order valence-electron chi connectivity index (χ0n) is 12.3. The fourth-order valence-corrected chi connectivity index (χ4v) is 2.56. The van der Waals surface area contributed by atoms with Crippen LogP contribution in [0.4, 0.5) is 0 Å². The highest BCUT2D eigenvalue weighted by Gasteiger charge is 2.27. The molecule has 0 radical (unpaired) electrons. The molecule has 5 nitrogen and oxygen atoms in total. The number of hydrogen-bond donors (Lipinski definition) is 0. The number of hydrogen-bond acceptors (Lipinski definition) is 4. The Hall–Kier alpha value is -1.38. The summed E-state index contributed by atoms with van der Waals surface area (Å²) in [4.78, 5) is 9.19. The lowest BCUT2D eigenvalue weighted by molar-refractivity contribution is 0.0922. The Labute approximate surface area is 115 Å². The van der Waals surface area contributed by atoms with E-state index in [1.807, 2.05) is 24.7 Å². The van der Waals surface area contributed by atoms with Gasteiger partial charge >= 0.3 is 0 Å². The van der Waals surface area contributed by atoms with Crippen LogP contribution < -0.4 is 0 Å². The summed E-state index contributed by atoms with van der Waals surface area (Å²) in [6, 6.07) is 2.77. The van der Waals surface area contributed by atoms with Crippen LogP contribution in [0.2, 0.25) is 0 Å².